The van der Waals surface area contributed by atoms with Crippen LogP contribution in [0.1, 0.15) is 5.56 Å². The molecule has 0 saturated carbocycles. The first kappa shape index (κ1) is 15.1. The average Bonchev–Trinajstić information content (AvgIpc) is 2.48. The van der Waals surface area contributed by atoms with Crippen LogP contribution in [0.15, 0.2) is 58.2 Å². The number of carbonyl (C=O) groups is 1. The molecule has 0 spiro atoms. The van der Waals surface area contributed by atoms with Crippen molar-refractivity contribution in [3.63, 3.8) is 0 Å². The number of hydrogen-bond donors (Lipinski definition) is 2. The van der Waals surface area contributed by atoms with Crippen LogP contribution in [0.4, 0.5) is 5.69 Å². The van der Waals surface area contributed by atoms with Gasteiger partial charge in [-0.2, -0.15) is 0 Å². The molecule has 21 heavy (non-hydrogen) atoms. The van der Waals surface area contributed by atoms with Gasteiger partial charge in [0.25, 0.3) is 5.91 Å². The molecule has 0 aliphatic heterocycles. The SMILES string of the molecule is O=C(COc1ccc(Br)cc1C=NO)Nc1ccccc1. The number of anilines is 1. The van der Waals surface area contributed by atoms with Crippen molar-refractivity contribution in [3.8, 4) is 5.75 Å². The van der Waals surface area contributed by atoms with Crippen LogP contribution in [0.25, 0.3) is 0 Å². The first-order valence-electron chi connectivity index (χ1n) is 6.14. The standard InChI is InChI=1S/C15H13BrN2O3/c16-12-6-7-14(11(8-12)9-17-20)21-10-15(19)18-13-4-2-1-3-5-13/h1-9,20H,10H2,(H,18,19). The Balaban J connectivity index is 1.98. The van der Waals surface area contributed by atoms with E-state index in [9.17, 15) is 4.79 Å². The van der Waals surface area contributed by atoms with Gasteiger partial charge in [-0.15, -0.1) is 0 Å². The quantitative estimate of drug-likeness (QED) is 0.494. The van der Waals surface area contributed by atoms with Crippen LogP contribution in [0.5, 0.6) is 5.75 Å². The van der Waals surface area contributed by atoms with E-state index in [1.807, 2.05) is 18.2 Å². The molecule has 0 fully saturated rings. The van der Waals surface area contributed by atoms with E-state index in [-0.39, 0.29) is 12.5 Å². The van der Waals surface area contributed by atoms with Crippen molar-refractivity contribution in [1.29, 1.82) is 0 Å². The molecule has 0 unspecified atom stereocenters. The highest BCUT2D eigenvalue weighted by molar-refractivity contribution is 9.10. The second-order valence-electron chi connectivity index (χ2n) is 4.13. The number of hydrogen-bond acceptors (Lipinski definition) is 4. The molecule has 0 aliphatic rings. The number of halogens is 1. The Labute approximate surface area is 130 Å². The maximum absolute atomic E-state index is 11.8. The largest absolute Gasteiger partial charge is 0.483 e. The smallest absolute Gasteiger partial charge is 0.262 e. The number of nitrogens with one attached hydrogen (secondary N) is 1. The monoisotopic (exact) mass is 348 g/mol. The first-order chi connectivity index (χ1) is 10.2. The van der Waals surface area contributed by atoms with Gasteiger partial charge < -0.3 is 15.3 Å². The van der Waals surface area contributed by atoms with Crippen molar-refractivity contribution in [2.75, 3.05) is 11.9 Å². The average molecular weight is 349 g/mol. The lowest BCUT2D eigenvalue weighted by molar-refractivity contribution is -0.118. The minimum Gasteiger partial charge on any atom is -0.483 e. The van der Waals surface area contributed by atoms with Crippen molar-refractivity contribution in [3.05, 3.63) is 58.6 Å². The van der Waals surface area contributed by atoms with E-state index in [1.165, 1.54) is 6.21 Å². The van der Waals surface area contributed by atoms with Crippen LogP contribution < -0.4 is 10.1 Å². The predicted molar refractivity (Wildman–Crippen MR) is 84.1 cm³/mol. The Hall–Kier alpha value is -2.34. The van der Waals surface area contributed by atoms with Crippen LogP contribution in [0.3, 0.4) is 0 Å². The number of rotatable bonds is 5. The van der Waals surface area contributed by atoms with E-state index in [2.05, 4.69) is 26.4 Å². The van der Waals surface area contributed by atoms with Crippen molar-refractivity contribution in [2.45, 2.75) is 0 Å². The number of nitrogens with zero attached hydrogens (tertiary/aromatic N) is 1. The zero-order valence-electron chi connectivity index (χ0n) is 11.0. The molecule has 2 rings (SSSR count). The van der Waals surface area contributed by atoms with Crippen molar-refractivity contribution in [2.24, 2.45) is 5.16 Å². The van der Waals surface area contributed by atoms with E-state index >= 15 is 0 Å². The summed E-state index contributed by atoms with van der Waals surface area (Å²) in [7, 11) is 0. The number of para-hydroxylation sites is 1. The second-order valence-corrected chi connectivity index (χ2v) is 5.05. The van der Waals surface area contributed by atoms with Crippen LogP contribution >= 0.6 is 15.9 Å². The lowest BCUT2D eigenvalue weighted by Crippen LogP contribution is -2.20. The summed E-state index contributed by atoms with van der Waals surface area (Å²) in [5.41, 5.74) is 1.28. The molecule has 0 bridgehead atoms. The zero-order chi connectivity index (χ0) is 15.1. The molecule has 2 aromatic carbocycles. The zero-order valence-corrected chi connectivity index (χ0v) is 12.6. The van der Waals surface area contributed by atoms with E-state index in [0.717, 1.165) is 4.47 Å². The number of benzene rings is 2. The molecular weight excluding hydrogens is 336 g/mol. The van der Waals surface area contributed by atoms with Crippen LogP contribution in [-0.2, 0) is 4.79 Å². The topological polar surface area (TPSA) is 70.9 Å². The highest BCUT2D eigenvalue weighted by Crippen LogP contribution is 2.21. The first-order valence-corrected chi connectivity index (χ1v) is 6.93. The fourth-order valence-electron chi connectivity index (χ4n) is 1.68. The van der Waals surface area contributed by atoms with Crippen LogP contribution in [0.2, 0.25) is 0 Å². The molecule has 6 heteroatoms. The summed E-state index contributed by atoms with van der Waals surface area (Å²) in [5, 5.41) is 14.3. The van der Waals surface area contributed by atoms with Gasteiger partial charge in [-0.1, -0.05) is 39.3 Å². The molecule has 0 radical (unpaired) electrons. The van der Waals surface area contributed by atoms with Gasteiger partial charge in [0.15, 0.2) is 6.61 Å². The molecule has 108 valence electrons. The summed E-state index contributed by atoms with van der Waals surface area (Å²) in [6, 6.07) is 14.3. The normalized spacial score (nSPS) is 10.5. The van der Waals surface area contributed by atoms with Crippen LogP contribution in [-0.4, -0.2) is 23.9 Å². The van der Waals surface area contributed by atoms with Crippen molar-refractivity contribution in [1.82, 2.24) is 0 Å². The van der Waals surface area contributed by atoms with Gasteiger partial charge in [-0.05, 0) is 30.3 Å². The molecule has 0 heterocycles. The third-order valence-corrected chi connectivity index (χ3v) is 3.08. The Kier molecular flexibility index (Phi) is 5.34. The predicted octanol–water partition coefficient (Wildman–Crippen LogP) is 3.27. The maximum Gasteiger partial charge on any atom is 0.262 e. The molecule has 0 aliphatic carbocycles. The van der Waals surface area contributed by atoms with Gasteiger partial charge in [0.1, 0.15) is 5.75 Å². The molecule has 5 nitrogen and oxygen atoms in total. The third kappa shape index (κ3) is 4.61. The van der Waals surface area contributed by atoms with Gasteiger partial charge in [0, 0.05) is 15.7 Å². The molecule has 1 amide bonds. The van der Waals surface area contributed by atoms with E-state index in [1.54, 1.807) is 30.3 Å². The molecule has 2 aromatic rings. The van der Waals surface area contributed by atoms with Crippen molar-refractivity contribution < 1.29 is 14.7 Å². The Morgan fingerprint density at radius 2 is 2.05 bits per heavy atom. The van der Waals surface area contributed by atoms with Crippen molar-refractivity contribution >= 4 is 33.7 Å². The minimum absolute atomic E-state index is 0.136. The summed E-state index contributed by atoms with van der Waals surface area (Å²) < 4.78 is 6.26. The molecule has 0 aromatic heterocycles. The maximum atomic E-state index is 11.8. The van der Waals surface area contributed by atoms with Crippen LogP contribution in [0, 0.1) is 0 Å². The van der Waals surface area contributed by atoms with Gasteiger partial charge >= 0.3 is 0 Å². The lowest BCUT2D eigenvalue weighted by atomic mass is 10.2. The highest BCUT2D eigenvalue weighted by Gasteiger charge is 2.07. The number of amides is 1. The Morgan fingerprint density at radius 3 is 2.76 bits per heavy atom. The number of carbonyl (C=O) groups excluding carboxylic acids is 1. The fraction of sp³-hybridized carbons (Fsp3) is 0.0667. The number of oxime groups is 1. The second kappa shape index (κ2) is 7.44. The Morgan fingerprint density at radius 1 is 1.29 bits per heavy atom. The summed E-state index contributed by atoms with van der Waals surface area (Å²) in [5.74, 6) is 0.190. The van der Waals surface area contributed by atoms with E-state index in [4.69, 9.17) is 9.94 Å². The summed E-state index contributed by atoms with van der Waals surface area (Å²) in [6.45, 7) is -0.136. The van der Waals surface area contributed by atoms with E-state index in [0.29, 0.717) is 17.0 Å². The van der Waals surface area contributed by atoms with Gasteiger partial charge in [-0.3, -0.25) is 4.79 Å². The lowest BCUT2D eigenvalue weighted by Gasteiger charge is -2.09. The minimum atomic E-state index is -0.268. The van der Waals surface area contributed by atoms with Gasteiger partial charge in [0.2, 0.25) is 0 Å². The molecule has 0 saturated heterocycles. The molecule has 2 N–H and O–H groups in total. The van der Waals surface area contributed by atoms with E-state index < -0.39 is 0 Å². The summed E-state index contributed by atoms with van der Waals surface area (Å²) in [4.78, 5) is 11.8. The Bertz CT molecular complexity index is 645. The third-order valence-electron chi connectivity index (χ3n) is 2.58. The summed E-state index contributed by atoms with van der Waals surface area (Å²) >= 11 is 3.31. The van der Waals surface area contributed by atoms with Gasteiger partial charge in [-0.25, -0.2) is 0 Å². The highest BCUT2D eigenvalue weighted by atomic mass is 79.9. The number of ether oxygens (including phenoxy) is 1. The van der Waals surface area contributed by atoms with Gasteiger partial charge in [0.05, 0.1) is 6.21 Å². The fourth-order valence-corrected chi connectivity index (χ4v) is 2.05. The molecular formula is C15H13BrN2O3. The molecule has 0 atom stereocenters. The summed E-state index contributed by atoms with van der Waals surface area (Å²) in [6.07, 6.45) is 1.25.